The summed E-state index contributed by atoms with van der Waals surface area (Å²) in [6, 6.07) is 48.0. The first-order valence-corrected chi connectivity index (χ1v) is 16.7. The Morgan fingerprint density at radius 2 is 1.47 bits per heavy atom. The second-order valence-electron chi connectivity index (χ2n) is 13.4. The fourth-order valence-electron chi connectivity index (χ4n) is 8.40. The average molecular weight is 632 g/mol. The van der Waals surface area contributed by atoms with Gasteiger partial charge in [-0.2, -0.15) is 5.26 Å². The SMILES string of the molecule is CC12CC3C(=NC(c4ccc(-c5cccc6c5oc5ccccc56)cc4)=NC3c3ccccc3)c3cccc(c31)Oc1c(C#N)cccc12. The van der Waals surface area contributed by atoms with Crippen LogP contribution in [0.1, 0.15) is 52.8 Å². The highest BCUT2D eigenvalue weighted by Gasteiger charge is 2.50. The number of nitrogens with zero attached hydrogens (tertiary/aromatic N) is 3. The van der Waals surface area contributed by atoms with E-state index in [9.17, 15) is 5.26 Å². The van der Waals surface area contributed by atoms with Crippen molar-refractivity contribution < 1.29 is 9.15 Å². The number of amidine groups is 1. The van der Waals surface area contributed by atoms with Crippen LogP contribution < -0.4 is 4.74 Å². The van der Waals surface area contributed by atoms with Crippen LogP contribution in [0.2, 0.25) is 0 Å². The molecule has 0 N–H and O–H groups in total. The van der Waals surface area contributed by atoms with Crippen LogP contribution in [0, 0.1) is 17.2 Å². The van der Waals surface area contributed by atoms with Crippen molar-refractivity contribution in [1.82, 2.24) is 0 Å². The zero-order chi connectivity index (χ0) is 32.7. The highest BCUT2D eigenvalue weighted by molar-refractivity contribution is 6.17. The Kier molecular flexibility index (Phi) is 5.89. The Labute approximate surface area is 283 Å². The van der Waals surface area contributed by atoms with E-state index in [1.165, 1.54) is 0 Å². The molecule has 0 amide bonds. The summed E-state index contributed by atoms with van der Waals surface area (Å²) in [5.41, 5.74) is 10.5. The third-order valence-corrected chi connectivity index (χ3v) is 10.6. The van der Waals surface area contributed by atoms with E-state index in [0.29, 0.717) is 11.3 Å². The summed E-state index contributed by atoms with van der Waals surface area (Å²) in [5.74, 6) is 2.20. The van der Waals surface area contributed by atoms with Crippen molar-refractivity contribution in [2.24, 2.45) is 15.9 Å². The lowest BCUT2D eigenvalue weighted by atomic mass is 9.60. The predicted octanol–water partition coefficient (Wildman–Crippen LogP) is 10.5. The van der Waals surface area contributed by atoms with Gasteiger partial charge in [0.1, 0.15) is 28.7 Å². The number of ether oxygens (including phenoxy) is 1. The van der Waals surface area contributed by atoms with Crippen molar-refractivity contribution in [3.63, 3.8) is 0 Å². The van der Waals surface area contributed by atoms with Gasteiger partial charge in [0.05, 0.1) is 17.3 Å². The Balaban J connectivity index is 1.11. The zero-order valence-corrected chi connectivity index (χ0v) is 26.7. The minimum Gasteiger partial charge on any atom is -0.455 e. The fourth-order valence-corrected chi connectivity index (χ4v) is 8.40. The van der Waals surface area contributed by atoms with Crippen LogP contribution in [0.3, 0.4) is 0 Å². The van der Waals surface area contributed by atoms with Gasteiger partial charge in [0.25, 0.3) is 0 Å². The smallest absolute Gasteiger partial charge is 0.155 e. The number of para-hydroxylation sites is 3. The molecule has 3 aliphatic rings. The van der Waals surface area contributed by atoms with E-state index >= 15 is 0 Å². The average Bonchev–Trinajstić information content (AvgIpc) is 3.54. The number of benzene rings is 6. The van der Waals surface area contributed by atoms with E-state index in [2.05, 4.69) is 104 Å². The van der Waals surface area contributed by atoms with Crippen molar-refractivity contribution in [2.75, 3.05) is 0 Å². The molecule has 7 aromatic rings. The van der Waals surface area contributed by atoms with Crippen molar-refractivity contribution in [1.29, 1.82) is 5.26 Å². The molecule has 3 unspecified atom stereocenters. The number of rotatable bonds is 3. The molecule has 2 aliphatic heterocycles. The minimum atomic E-state index is -0.380. The number of fused-ring (bicyclic) bond motifs is 7. The number of furan rings is 1. The highest BCUT2D eigenvalue weighted by Crippen LogP contribution is 2.58. The predicted molar refractivity (Wildman–Crippen MR) is 194 cm³/mol. The molecule has 49 heavy (non-hydrogen) atoms. The van der Waals surface area contributed by atoms with Crippen LogP contribution in [-0.2, 0) is 5.41 Å². The number of hydrogen-bond acceptors (Lipinski definition) is 5. The maximum atomic E-state index is 9.96. The van der Waals surface area contributed by atoms with Crippen LogP contribution in [0.15, 0.2) is 148 Å². The summed E-state index contributed by atoms with van der Waals surface area (Å²) in [6.07, 6.45) is 0.790. The molecule has 1 aromatic heterocycles. The molecule has 0 saturated heterocycles. The quantitative estimate of drug-likeness (QED) is 0.195. The first kappa shape index (κ1) is 27.8. The number of nitriles is 1. The molecular weight excluding hydrogens is 603 g/mol. The molecule has 0 fully saturated rings. The van der Waals surface area contributed by atoms with Gasteiger partial charge in [-0.25, -0.2) is 4.99 Å². The van der Waals surface area contributed by atoms with Gasteiger partial charge in [-0.1, -0.05) is 122 Å². The van der Waals surface area contributed by atoms with E-state index in [0.717, 1.165) is 84.6 Å². The second kappa shape index (κ2) is 10.4. The van der Waals surface area contributed by atoms with E-state index in [1.54, 1.807) is 0 Å². The molecule has 6 aromatic carbocycles. The van der Waals surface area contributed by atoms with E-state index < -0.39 is 0 Å². The van der Waals surface area contributed by atoms with Crippen molar-refractivity contribution in [3.8, 4) is 28.7 Å². The van der Waals surface area contributed by atoms with E-state index in [1.807, 2.05) is 42.5 Å². The summed E-state index contributed by atoms with van der Waals surface area (Å²) < 4.78 is 12.8. The standard InChI is InChI=1S/C44H29N3O2/c1-44-24-34-39(27-10-3-2-4-11-27)46-43(47-40(34)33-16-9-19-37(38(33)44)49-41-29(25-45)12-7-17-35(41)44)28-22-20-26(21-23-28)30-14-8-15-32-31-13-5-6-18-36(31)48-42(30)32/h2-23,34,39H,24H2,1H3. The molecule has 232 valence electrons. The molecule has 0 saturated carbocycles. The van der Waals surface area contributed by atoms with Gasteiger partial charge in [-0.3, -0.25) is 4.99 Å². The molecular formula is C44H29N3O2. The summed E-state index contributed by atoms with van der Waals surface area (Å²) in [4.78, 5) is 10.8. The third kappa shape index (κ3) is 4.04. The molecule has 5 heteroatoms. The van der Waals surface area contributed by atoms with Crippen LogP contribution >= 0.6 is 0 Å². The van der Waals surface area contributed by atoms with Gasteiger partial charge in [0.2, 0.25) is 0 Å². The van der Waals surface area contributed by atoms with E-state index in [4.69, 9.17) is 19.1 Å². The topological polar surface area (TPSA) is 70.9 Å². The molecule has 5 nitrogen and oxygen atoms in total. The van der Waals surface area contributed by atoms with Gasteiger partial charge < -0.3 is 9.15 Å². The van der Waals surface area contributed by atoms with Crippen LogP contribution in [-0.4, -0.2) is 11.5 Å². The lowest BCUT2D eigenvalue weighted by molar-refractivity contribution is 0.341. The molecule has 1 aliphatic carbocycles. The molecule has 3 heterocycles. The van der Waals surface area contributed by atoms with Crippen LogP contribution in [0.25, 0.3) is 33.1 Å². The van der Waals surface area contributed by atoms with Gasteiger partial charge in [0.15, 0.2) is 5.84 Å². The van der Waals surface area contributed by atoms with Crippen molar-refractivity contribution >= 4 is 33.5 Å². The molecule has 0 radical (unpaired) electrons. The molecule has 0 bridgehead atoms. The molecule has 10 rings (SSSR count). The molecule has 0 spiro atoms. The first-order valence-electron chi connectivity index (χ1n) is 16.7. The Bertz CT molecular complexity index is 2590. The maximum Gasteiger partial charge on any atom is 0.155 e. The molecule has 3 atom stereocenters. The summed E-state index contributed by atoms with van der Waals surface area (Å²) in [7, 11) is 0. The number of hydrogen-bond donors (Lipinski definition) is 0. The Hall–Kier alpha value is -6.25. The maximum absolute atomic E-state index is 9.96. The van der Waals surface area contributed by atoms with Crippen LogP contribution in [0.4, 0.5) is 0 Å². The number of aliphatic imine (C=N–C) groups is 2. The zero-order valence-electron chi connectivity index (χ0n) is 26.7. The van der Waals surface area contributed by atoms with Gasteiger partial charge >= 0.3 is 0 Å². The Morgan fingerprint density at radius 1 is 0.735 bits per heavy atom. The lowest BCUT2D eigenvalue weighted by Gasteiger charge is -2.47. The van der Waals surface area contributed by atoms with Crippen LogP contribution in [0.5, 0.6) is 11.5 Å². The third-order valence-electron chi connectivity index (χ3n) is 10.6. The fraction of sp³-hybridized carbons (Fsp3) is 0.114. The Morgan fingerprint density at radius 3 is 2.33 bits per heavy atom. The summed E-state index contributed by atoms with van der Waals surface area (Å²) in [6.45, 7) is 2.29. The normalized spacial score (nSPS) is 20.3. The van der Waals surface area contributed by atoms with Gasteiger partial charge in [-0.15, -0.1) is 0 Å². The summed E-state index contributed by atoms with van der Waals surface area (Å²) >= 11 is 0. The largest absolute Gasteiger partial charge is 0.455 e. The van der Waals surface area contributed by atoms with E-state index in [-0.39, 0.29) is 17.4 Å². The monoisotopic (exact) mass is 631 g/mol. The highest BCUT2D eigenvalue weighted by atomic mass is 16.5. The van der Waals surface area contributed by atoms with Gasteiger partial charge in [-0.05, 0) is 35.7 Å². The minimum absolute atomic E-state index is 0.0283. The van der Waals surface area contributed by atoms with Crippen molar-refractivity contribution in [2.45, 2.75) is 24.8 Å². The lowest BCUT2D eigenvalue weighted by Crippen LogP contribution is -2.43. The summed E-state index contributed by atoms with van der Waals surface area (Å²) in [5, 5.41) is 12.2. The van der Waals surface area contributed by atoms with Crippen molar-refractivity contribution in [3.05, 3.63) is 167 Å². The second-order valence-corrected chi connectivity index (χ2v) is 13.4. The van der Waals surface area contributed by atoms with Gasteiger partial charge in [0, 0.05) is 49.9 Å². The first-order chi connectivity index (χ1) is 24.1.